The molecule has 2 aliphatic rings. The molecule has 3 heteroatoms. The van der Waals surface area contributed by atoms with Gasteiger partial charge in [-0.1, -0.05) is 6.42 Å². The summed E-state index contributed by atoms with van der Waals surface area (Å²) in [6.07, 6.45) is 4.86. The number of aliphatic hydroxyl groups excluding tert-OH is 1. The summed E-state index contributed by atoms with van der Waals surface area (Å²) >= 11 is 0. The monoisotopic (exact) mass is 171 g/mol. The van der Waals surface area contributed by atoms with Crippen molar-refractivity contribution in [3.05, 3.63) is 0 Å². The lowest BCUT2D eigenvalue weighted by Gasteiger charge is -2.33. The van der Waals surface area contributed by atoms with E-state index in [9.17, 15) is 0 Å². The van der Waals surface area contributed by atoms with Crippen molar-refractivity contribution in [1.82, 2.24) is 5.32 Å². The van der Waals surface area contributed by atoms with Gasteiger partial charge in [-0.3, -0.25) is 0 Å². The van der Waals surface area contributed by atoms with Crippen LogP contribution in [-0.4, -0.2) is 36.5 Å². The highest BCUT2D eigenvalue weighted by atomic mass is 16.5. The molecule has 0 aromatic heterocycles. The fourth-order valence-electron chi connectivity index (χ4n) is 2.28. The van der Waals surface area contributed by atoms with Crippen LogP contribution in [0.25, 0.3) is 0 Å². The third kappa shape index (κ3) is 1.49. The minimum atomic E-state index is 0.0793. The molecule has 2 N–H and O–H groups in total. The van der Waals surface area contributed by atoms with E-state index in [4.69, 9.17) is 9.84 Å². The highest BCUT2D eigenvalue weighted by Crippen LogP contribution is 2.31. The average molecular weight is 171 g/mol. The Morgan fingerprint density at radius 2 is 2.42 bits per heavy atom. The zero-order valence-electron chi connectivity index (χ0n) is 7.38. The third-order valence-electron chi connectivity index (χ3n) is 3.00. The molecule has 0 saturated carbocycles. The number of nitrogens with one attached hydrogen (secondary N) is 1. The summed E-state index contributed by atoms with van der Waals surface area (Å²) < 4.78 is 5.48. The number of hydrogen-bond acceptors (Lipinski definition) is 3. The van der Waals surface area contributed by atoms with Crippen LogP contribution in [-0.2, 0) is 4.74 Å². The van der Waals surface area contributed by atoms with Crippen molar-refractivity contribution in [2.75, 3.05) is 19.8 Å². The number of aliphatic hydroxyl groups is 1. The molecule has 2 aliphatic heterocycles. The highest BCUT2D eigenvalue weighted by Gasteiger charge is 2.40. The molecular weight excluding hydrogens is 154 g/mol. The summed E-state index contributed by atoms with van der Waals surface area (Å²) in [5.41, 5.74) is 0.214. The Hall–Kier alpha value is -0.120. The van der Waals surface area contributed by atoms with Crippen LogP contribution in [0.3, 0.4) is 0 Å². The molecule has 2 saturated heterocycles. The molecule has 70 valence electrons. The van der Waals surface area contributed by atoms with E-state index >= 15 is 0 Å². The molecule has 1 spiro atoms. The SMILES string of the molecule is OC[C@H]1C[C@]2(CCCCN2)CO1. The van der Waals surface area contributed by atoms with Crippen molar-refractivity contribution in [3.8, 4) is 0 Å². The highest BCUT2D eigenvalue weighted by molar-refractivity contribution is 4.97. The second kappa shape index (κ2) is 3.32. The van der Waals surface area contributed by atoms with Crippen molar-refractivity contribution < 1.29 is 9.84 Å². The van der Waals surface area contributed by atoms with E-state index in [1.54, 1.807) is 0 Å². The Labute approximate surface area is 73.1 Å². The summed E-state index contributed by atoms with van der Waals surface area (Å²) in [4.78, 5) is 0. The van der Waals surface area contributed by atoms with Crippen molar-refractivity contribution in [1.29, 1.82) is 0 Å². The van der Waals surface area contributed by atoms with Gasteiger partial charge in [0.05, 0.1) is 19.3 Å². The summed E-state index contributed by atoms with van der Waals surface area (Å²) in [5.74, 6) is 0. The molecule has 0 bridgehead atoms. The van der Waals surface area contributed by atoms with E-state index in [0.717, 1.165) is 19.6 Å². The quantitative estimate of drug-likeness (QED) is 0.595. The van der Waals surface area contributed by atoms with Gasteiger partial charge in [-0.05, 0) is 25.8 Å². The van der Waals surface area contributed by atoms with Crippen LogP contribution in [0.1, 0.15) is 25.7 Å². The predicted molar refractivity (Wildman–Crippen MR) is 46.0 cm³/mol. The molecular formula is C9H17NO2. The molecule has 2 heterocycles. The molecule has 0 aromatic carbocycles. The first-order valence-corrected chi connectivity index (χ1v) is 4.82. The second-order valence-electron chi connectivity index (χ2n) is 3.98. The topological polar surface area (TPSA) is 41.5 Å². The molecule has 2 fully saturated rings. The van der Waals surface area contributed by atoms with Crippen LogP contribution < -0.4 is 5.32 Å². The van der Waals surface area contributed by atoms with E-state index in [0.29, 0.717) is 0 Å². The predicted octanol–water partition coefficient (Wildman–Crippen LogP) is 0.280. The number of ether oxygens (including phenoxy) is 1. The van der Waals surface area contributed by atoms with Gasteiger partial charge in [0.1, 0.15) is 0 Å². The van der Waals surface area contributed by atoms with Crippen molar-refractivity contribution >= 4 is 0 Å². The lowest BCUT2D eigenvalue weighted by Crippen LogP contribution is -2.49. The van der Waals surface area contributed by atoms with E-state index in [2.05, 4.69) is 5.32 Å². The van der Waals surface area contributed by atoms with Crippen LogP contribution in [0, 0.1) is 0 Å². The van der Waals surface area contributed by atoms with Crippen LogP contribution in [0.5, 0.6) is 0 Å². The number of piperidine rings is 1. The van der Waals surface area contributed by atoms with E-state index in [1.807, 2.05) is 0 Å². The first-order valence-electron chi connectivity index (χ1n) is 4.82. The Bertz CT molecular complexity index is 155. The summed E-state index contributed by atoms with van der Waals surface area (Å²) in [7, 11) is 0. The third-order valence-corrected chi connectivity index (χ3v) is 3.00. The fraction of sp³-hybridized carbons (Fsp3) is 1.00. The van der Waals surface area contributed by atoms with E-state index < -0.39 is 0 Å². The lowest BCUT2D eigenvalue weighted by molar-refractivity contribution is 0.0538. The van der Waals surface area contributed by atoms with Gasteiger partial charge in [0, 0.05) is 5.54 Å². The molecule has 12 heavy (non-hydrogen) atoms. The molecule has 0 aromatic rings. The molecule has 0 amide bonds. The summed E-state index contributed by atoms with van der Waals surface area (Å²) in [6, 6.07) is 0. The van der Waals surface area contributed by atoms with Gasteiger partial charge in [-0.15, -0.1) is 0 Å². The largest absolute Gasteiger partial charge is 0.394 e. The average Bonchev–Trinajstić information content (AvgIpc) is 2.50. The fourth-order valence-corrected chi connectivity index (χ4v) is 2.28. The Balaban J connectivity index is 1.94. The number of rotatable bonds is 1. The van der Waals surface area contributed by atoms with Crippen LogP contribution >= 0.6 is 0 Å². The molecule has 0 aliphatic carbocycles. The maximum absolute atomic E-state index is 8.93. The van der Waals surface area contributed by atoms with Gasteiger partial charge in [0.15, 0.2) is 0 Å². The first kappa shape index (κ1) is 8.48. The Morgan fingerprint density at radius 3 is 3.00 bits per heavy atom. The van der Waals surface area contributed by atoms with Crippen molar-refractivity contribution in [2.24, 2.45) is 0 Å². The normalized spacial score (nSPS) is 42.2. The zero-order chi connectivity index (χ0) is 8.44. The number of hydrogen-bond donors (Lipinski definition) is 2. The first-order chi connectivity index (χ1) is 5.85. The van der Waals surface area contributed by atoms with Crippen molar-refractivity contribution in [2.45, 2.75) is 37.3 Å². The van der Waals surface area contributed by atoms with Gasteiger partial charge in [-0.2, -0.15) is 0 Å². The minimum Gasteiger partial charge on any atom is -0.394 e. The van der Waals surface area contributed by atoms with Gasteiger partial charge >= 0.3 is 0 Å². The maximum atomic E-state index is 8.93. The van der Waals surface area contributed by atoms with Crippen LogP contribution in [0.2, 0.25) is 0 Å². The van der Waals surface area contributed by atoms with E-state index in [1.165, 1.54) is 19.3 Å². The van der Waals surface area contributed by atoms with E-state index in [-0.39, 0.29) is 18.2 Å². The molecule has 2 atom stereocenters. The van der Waals surface area contributed by atoms with Gasteiger partial charge in [0.2, 0.25) is 0 Å². The van der Waals surface area contributed by atoms with Gasteiger partial charge in [0.25, 0.3) is 0 Å². The van der Waals surface area contributed by atoms with Crippen molar-refractivity contribution in [3.63, 3.8) is 0 Å². The second-order valence-corrected chi connectivity index (χ2v) is 3.98. The maximum Gasteiger partial charge on any atom is 0.0825 e. The van der Waals surface area contributed by atoms with Gasteiger partial charge < -0.3 is 15.2 Å². The standard InChI is InChI=1S/C9H17NO2/c11-6-8-5-9(7-12-8)3-1-2-4-10-9/h8,10-11H,1-7H2/t8-,9-/m1/s1. The smallest absolute Gasteiger partial charge is 0.0825 e. The van der Waals surface area contributed by atoms with Gasteiger partial charge in [-0.25, -0.2) is 0 Å². The molecule has 3 nitrogen and oxygen atoms in total. The van der Waals surface area contributed by atoms with Crippen LogP contribution in [0.15, 0.2) is 0 Å². The molecule has 2 rings (SSSR count). The molecule has 0 unspecified atom stereocenters. The zero-order valence-corrected chi connectivity index (χ0v) is 7.38. The lowest BCUT2D eigenvalue weighted by atomic mass is 9.87. The Morgan fingerprint density at radius 1 is 1.50 bits per heavy atom. The molecule has 0 radical (unpaired) electrons. The summed E-state index contributed by atoms with van der Waals surface area (Å²) in [6.45, 7) is 2.07. The Kier molecular flexibility index (Phi) is 2.35. The summed E-state index contributed by atoms with van der Waals surface area (Å²) in [5, 5.41) is 12.4. The minimum absolute atomic E-state index is 0.0793. The van der Waals surface area contributed by atoms with Crippen LogP contribution in [0.4, 0.5) is 0 Å².